The van der Waals surface area contributed by atoms with Crippen molar-refractivity contribution in [3.05, 3.63) is 131 Å². The van der Waals surface area contributed by atoms with E-state index >= 15 is 0 Å². The van der Waals surface area contributed by atoms with Gasteiger partial charge in [-0.1, -0.05) is 54.0 Å². The van der Waals surface area contributed by atoms with Gasteiger partial charge in [0.1, 0.15) is 34.6 Å². The monoisotopic (exact) mass is 1030 g/mol. The molecule has 0 fully saturated rings. The van der Waals surface area contributed by atoms with Crippen LogP contribution in [-0.4, -0.2) is 69.3 Å². The molecule has 4 heterocycles. The minimum absolute atomic E-state index is 0.182. The second kappa shape index (κ2) is 22.9. The first-order valence-electron chi connectivity index (χ1n) is 20.5. The Morgan fingerprint density at radius 3 is 1.46 bits per heavy atom. The fourth-order valence-electron chi connectivity index (χ4n) is 5.95. The van der Waals surface area contributed by atoms with E-state index in [9.17, 15) is 31.4 Å². The van der Waals surface area contributed by atoms with E-state index in [1.807, 2.05) is 49.6 Å². The average molecular weight is 1030 g/mol. The largest absolute Gasteiger partial charge is 0.573 e. The maximum Gasteiger partial charge on any atom is 0.573 e. The van der Waals surface area contributed by atoms with Gasteiger partial charge in [-0.05, 0) is 111 Å². The van der Waals surface area contributed by atoms with Crippen LogP contribution in [0.15, 0.2) is 108 Å². The van der Waals surface area contributed by atoms with Gasteiger partial charge in [0.2, 0.25) is 11.6 Å². The fraction of sp³-hybridized carbons (Fsp3) is 0.261. The molecule has 0 aliphatic heterocycles. The number of thiazole rings is 2. The first-order valence-corrected chi connectivity index (χ1v) is 23.4. The van der Waals surface area contributed by atoms with Gasteiger partial charge in [-0.25, -0.2) is 29.3 Å². The van der Waals surface area contributed by atoms with Crippen molar-refractivity contribution in [2.24, 2.45) is 0 Å². The molecule has 0 saturated carbocycles. The van der Waals surface area contributed by atoms with Crippen LogP contribution in [0, 0.1) is 13.8 Å². The van der Waals surface area contributed by atoms with E-state index in [-0.39, 0.29) is 17.2 Å². The Kier molecular flexibility index (Phi) is 17.1. The van der Waals surface area contributed by atoms with Gasteiger partial charge in [0.15, 0.2) is 10.0 Å². The van der Waals surface area contributed by atoms with Crippen molar-refractivity contribution in [1.29, 1.82) is 0 Å². The summed E-state index contributed by atoms with van der Waals surface area (Å²) in [4.78, 5) is 18.1. The first kappa shape index (κ1) is 50.1. The highest BCUT2D eigenvalue weighted by Crippen LogP contribution is 2.32. The Hall–Kier alpha value is -6.32. The second-order valence-corrected chi connectivity index (χ2v) is 16.9. The summed E-state index contributed by atoms with van der Waals surface area (Å²) in [7, 11) is 0. The van der Waals surface area contributed by atoms with Crippen molar-refractivity contribution >= 4 is 38.6 Å². The van der Waals surface area contributed by atoms with E-state index in [4.69, 9.17) is 4.74 Å². The standard InChI is InChI=1S/C23H21F3N4O2S.C20H15F3N4O2S.C3H7Br/c1-3-11-31-19-6-4-5-16(12-19)13-30-15(2)27-21(29-30)22-28-20(14-33-22)17-7-9-18(10-8-17)32-23(24,25)26;1-12-24-18(26-27(12)10-13-3-2-4-15(28)9-13)19-25-17(11-30-19)14-5-7-16(8-6-14)29-20(21,22)23;1-2-3-4/h4-10,12,14H,3,11,13H2,1-2H3;2-9,11,28H,10H2,1H3;2-3H2,1H3. The molecule has 0 spiro atoms. The maximum atomic E-state index is 12.3. The number of aromatic nitrogens is 8. The lowest BCUT2D eigenvalue weighted by molar-refractivity contribution is -0.275. The summed E-state index contributed by atoms with van der Waals surface area (Å²) in [5.41, 5.74) is 4.49. The van der Waals surface area contributed by atoms with Gasteiger partial charge in [-0.2, -0.15) is 0 Å². The molecule has 0 saturated heterocycles. The highest BCUT2D eigenvalue weighted by molar-refractivity contribution is 9.09. The van der Waals surface area contributed by atoms with Gasteiger partial charge in [0, 0.05) is 27.2 Å². The summed E-state index contributed by atoms with van der Waals surface area (Å²) in [5, 5.41) is 24.7. The molecule has 0 unspecified atom stereocenters. The predicted molar refractivity (Wildman–Crippen MR) is 249 cm³/mol. The predicted octanol–water partition coefficient (Wildman–Crippen LogP) is 12.9. The highest BCUT2D eigenvalue weighted by Gasteiger charge is 2.32. The number of halogens is 7. The Morgan fingerprint density at radius 1 is 0.597 bits per heavy atom. The van der Waals surface area contributed by atoms with Gasteiger partial charge in [0.05, 0.1) is 31.1 Å². The van der Waals surface area contributed by atoms with Crippen LogP contribution in [-0.2, 0) is 13.1 Å². The summed E-state index contributed by atoms with van der Waals surface area (Å²) in [6.07, 6.45) is -7.27. The number of phenols is 1. The molecule has 8 aromatic rings. The number of aryl methyl sites for hydroxylation is 2. The molecule has 0 atom stereocenters. The van der Waals surface area contributed by atoms with Gasteiger partial charge in [-0.15, -0.1) is 59.2 Å². The molecule has 0 aliphatic rings. The first-order chi connectivity index (χ1) is 32.0. The number of benzene rings is 4. The van der Waals surface area contributed by atoms with Gasteiger partial charge in [0.25, 0.3) is 0 Å². The molecular weight excluding hydrogens is 987 g/mol. The zero-order chi connectivity index (χ0) is 48.1. The van der Waals surface area contributed by atoms with Crippen LogP contribution in [0.3, 0.4) is 0 Å². The van der Waals surface area contributed by atoms with Crippen molar-refractivity contribution in [2.45, 2.75) is 66.4 Å². The Bertz CT molecular complexity index is 2810. The maximum absolute atomic E-state index is 12.3. The zero-order valence-corrected chi connectivity index (χ0v) is 39.6. The highest BCUT2D eigenvalue weighted by atomic mass is 79.9. The van der Waals surface area contributed by atoms with E-state index < -0.39 is 12.7 Å². The average Bonchev–Trinajstić information content (AvgIpc) is 4.11. The number of nitrogens with zero attached hydrogens (tertiary/aromatic N) is 8. The molecule has 0 amide bonds. The smallest absolute Gasteiger partial charge is 0.508 e. The normalized spacial score (nSPS) is 11.3. The molecule has 0 bridgehead atoms. The number of rotatable bonds is 14. The van der Waals surface area contributed by atoms with E-state index in [1.54, 1.807) is 32.9 Å². The molecule has 0 radical (unpaired) electrons. The molecule has 352 valence electrons. The summed E-state index contributed by atoms with van der Waals surface area (Å²) in [6.45, 7) is 9.56. The van der Waals surface area contributed by atoms with Crippen LogP contribution in [0.1, 0.15) is 49.5 Å². The molecule has 67 heavy (non-hydrogen) atoms. The molecule has 8 rings (SSSR count). The quantitative estimate of drug-likeness (QED) is 0.0828. The van der Waals surface area contributed by atoms with E-state index in [0.717, 1.165) is 34.5 Å². The summed E-state index contributed by atoms with van der Waals surface area (Å²) in [6, 6.07) is 25.9. The van der Waals surface area contributed by atoms with Crippen LogP contribution in [0.4, 0.5) is 26.3 Å². The second-order valence-electron chi connectivity index (χ2n) is 14.4. The molecule has 4 aromatic heterocycles. The summed E-state index contributed by atoms with van der Waals surface area (Å²) in [5.74, 6) is 2.84. The molecule has 4 aromatic carbocycles. The van der Waals surface area contributed by atoms with Crippen LogP contribution < -0.4 is 14.2 Å². The Labute approximate surface area is 398 Å². The van der Waals surface area contributed by atoms with Gasteiger partial charge in [-0.3, -0.25) is 0 Å². The van der Waals surface area contributed by atoms with E-state index in [0.29, 0.717) is 69.7 Å². The molecule has 12 nitrogen and oxygen atoms in total. The third-order valence-electron chi connectivity index (χ3n) is 9.01. The number of alkyl halides is 7. The number of hydrogen-bond acceptors (Lipinski definition) is 12. The van der Waals surface area contributed by atoms with Crippen LogP contribution in [0.5, 0.6) is 23.0 Å². The third-order valence-corrected chi connectivity index (χ3v) is 11.5. The van der Waals surface area contributed by atoms with Crippen LogP contribution >= 0.6 is 38.6 Å². The molecule has 1 N–H and O–H groups in total. The number of ether oxygens (including phenoxy) is 3. The summed E-state index contributed by atoms with van der Waals surface area (Å²) >= 11 is 5.96. The van der Waals surface area contributed by atoms with Crippen molar-refractivity contribution in [3.8, 4) is 67.2 Å². The molecule has 21 heteroatoms. The third kappa shape index (κ3) is 15.1. The van der Waals surface area contributed by atoms with E-state index in [1.165, 1.54) is 77.6 Å². The van der Waals surface area contributed by atoms with Crippen molar-refractivity contribution in [3.63, 3.8) is 0 Å². The fourth-order valence-corrected chi connectivity index (χ4v) is 7.46. The lowest BCUT2D eigenvalue weighted by Gasteiger charge is -2.08. The van der Waals surface area contributed by atoms with Gasteiger partial charge >= 0.3 is 12.7 Å². The minimum Gasteiger partial charge on any atom is -0.508 e. The number of phenolic OH excluding ortho intramolecular Hbond substituents is 1. The molecular formula is C46H43BrF6N8O4S2. The van der Waals surface area contributed by atoms with Crippen LogP contribution in [0.25, 0.3) is 44.2 Å². The lowest BCUT2D eigenvalue weighted by Crippen LogP contribution is -2.16. The Balaban J connectivity index is 0.000000206. The SMILES string of the molecule is CCCBr.CCCOc1cccc(Cn2nc(-c3nc(-c4ccc(OC(F)(F)F)cc4)cs3)nc2C)c1.Cc1nc(-c2nc(-c3ccc(OC(F)(F)F)cc3)cs2)nn1Cc1cccc(O)c1. The van der Waals surface area contributed by atoms with Crippen molar-refractivity contribution in [1.82, 2.24) is 39.5 Å². The topological polar surface area (TPSA) is 135 Å². The number of aromatic hydroxyl groups is 1. The lowest BCUT2D eigenvalue weighted by atomic mass is 10.2. The Morgan fingerprint density at radius 2 is 1.04 bits per heavy atom. The van der Waals surface area contributed by atoms with Crippen LogP contribution in [0.2, 0.25) is 0 Å². The van der Waals surface area contributed by atoms with Crippen molar-refractivity contribution < 1.29 is 45.7 Å². The van der Waals surface area contributed by atoms with Crippen molar-refractivity contribution in [2.75, 3.05) is 11.9 Å². The minimum atomic E-state index is -4.73. The summed E-state index contributed by atoms with van der Waals surface area (Å²) < 4.78 is 90.9. The molecule has 0 aliphatic carbocycles. The zero-order valence-electron chi connectivity index (χ0n) is 36.3. The number of hydrogen-bond donors (Lipinski definition) is 1. The van der Waals surface area contributed by atoms with Gasteiger partial charge < -0.3 is 19.3 Å². The van der Waals surface area contributed by atoms with E-state index in [2.05, 4.69) is 69.4 Å².